The second-order valence-electron chi connectivity index (χ2n) is 6.31. The molecule has 0 fully saturated rings. The summed E-state index contributed by atoms with van der Waals surface area (Å²) in [4.78, 5) is 0. The lowest BCUT2D eigenvalue weighted by Gasteiger charge is -2.26. The van der Waals surface area contributed by atoms with Gasteiger partial charge in [0.25, 0.3) is 0 Å². The van der Waals surface area contributed by atoms with Gasteiger partial charge in [-0.2, -0.15) is 0 Å². The van der Waals surface area contributed by atoms with Crippen LogP contribution in [0, 0.1) is 0 Å². The molecule has 3 rings (SSSR count). The minimum atomic E-state index is -0.109. The lowest BCUT2D eigenvalue weighted by atomic mass is 10.0. The van der Waals surface area contributed by atoms with Gasteiger partial charge in [0.15, 0.2) is 11.5 Å². The smallest absolute Gasteiger partial charge is 0.161 e. The first-order chi connectivity index (χ1) is 13.3. The molecule has 0 saturated heterocycles. The minimum absolute atomic E-state index is 0.107. The fraction of sp³-hybridized carbons (Fsp3) is 0.524. The molecule has 0 amide bonds. The molecule has 6 nitrogen and oxygen atoms in total. The molecule has 1 heterocycles. The van der Waals surface area contributed by atoms with E-state index in [9.17, 15) is 0 Å². The van der Waals surface area contributed by atoms with Crippen LogP contribution in [0.1, 0.15) is 6.92 Å². The molecule has 2 unspecified atom stereocenters. The van der Waals surface area contributed by atoms with Crippen LogP contribution in [0.3, 0.4) is 0 Å². The highest BCUT2D eigenvalue weighted by atomic mass is 16.6. The van der Waals surface area contributed by atoms with E-state index < -0.39 is 0 Å². The standard InChI is InChI=1S/C21H28O6/c1-17-6-7-20-21(16-17)27-15-11-23-9-13-25-19-5-3-2-4-18(19)24-12-8-22-10-14-26-20/h2-7,16,20-21H,8-15H2,1H3. The van der Waals surface area contributed by atoms with Crippen LogP contribution >= 0.6 is 0 Å². The Kier molecular flexibility index (Phi) is 8.17. The van der Waals surface area contributed by atoms with Crippen molar-refractivity contribution in [2.75, 3.05) is 52.9 Å². The molecule has 148 valence electrons. The minimum Gasteiger partial charge on any atom is -0.487 e. The average molecular weight is 376 g/mol. The van der Waals surface area contributed by atoms with Crippen molar-refractivity contribution in [1.29, 1.82) is 0 Å². The number of rotatable bonds is 0. The summed E-state index contributed by atoms with van der Waals surface area (Å²) in [7, 11) is 0. The van der Waals surface area contributed by atoms with Crippen molar-refractivity contribution in [2.45, 2.75) is 19.1 Å². The van der Waals surface area contributed by atoms with Gasteiger partial charge < -0.3 is 28.4 Å². The molecule has 0 radical (unpaired) electrons. The molecular formula is C21H28O6. The van der Waals surface area contributed by atoms with Crippen molar-refractivity contribution in [2.24, 2.45) is 0 Å². The number of ether oxygens (including phenoxy) is 6. The lowest BCUT2D eigenvalue weighted by Crippen LogP contribution is -2.32. The number of hydrogen-bond donors (Lipinski definition) is 0. The molecule has 0 saturated carbocycles. The van der Waals surface area contributed by atoms with Crippen LogP contribution in [0.15, 0.2) is 48.1 Å². The Labute approximate surface area is 160 Å². The van der Waals surface area contributed by atoms with Gasteiger partial charge in [0, 0.05) is 0 Å². The van der Waals surface area contributed by atoms with Gasteiger partial charge in [0.2, 0.25) is 0 Å². The van der Waals surface area contributed by atoms with E-state index in [1.165, 1.54) is 5.57 Å². The Morgan fingerprint density at radius 3 is 1.89 bits per heavy atom. The molecule has 1 aromatic rings. The van der Waals surface area contributed by atoms with Crippen LogP contribution in [0.4, 0.5) is 0 Å². The molecule has 1 aromatic carbocycles. The molecule has 0 bridgehead atoms. The van der Waals surface area contributed by atoms with E-state index in [-0.39, 0.29) is 12.2 Å². The highest BCUT2D eigenvalue weighted by Gasteiger charge is 2.21. The Balaban J connectivity index is 1.54. The van der Waals surface area contributed by atoms with Crippen molar-refractivity contribution < 1.29 is 28.4 Å². The predicted molar refractivity (Wildman–Crippen MR) is 101 cm³/mol. The monoisotopic (exact) mass is 376 g/mol. The van der Waals surface area contributed by atoms with Gasteiger partial charge in [0.1, 0.15) is 25.4 Å². The Bertz CT molecular complexity index is 627. The molecule has 1 aliphatic carbocycles. The molecule has 27 heavy (non-hydrogen) atoms. The summed E-state index contributed by atoms with van der Waals surface area (Å²) < 4.78 is 34.6. The van der Waals surface area contributed by atoms with Gasteiger partial charge in [-0.1, -0.05) is 35.9 Å². The third kappa shape index (κ3) is 6.66. The Morgan fingerprint density at radius 1 is 0.704 bits per heavy atom. The van der Waals surface area contributed by atoms with Gasteiger partial charge >= 0.3 is 0 Å². The van der Waals surface area contributed by atoms with Crippen molar-refractivity contribution in [3.05, 3.63) is 48.1 Å². The summed E-state index contributed by atoms with van der Waals surface area (Å²) >= 11 is 0. The van der Waals surface area contributed by atoms with Crippen molar-refractivity contribution >= 4 is 0 Å². The SMILES string of the molecule is CC1=CC2OCCOCCOc3ccccc3OCCOCCOC2C=C1. The third-order valence-corrected chi connectivity index (χ3v) is 4.20. The summed E-state index contributed by atoms with van der Waals surface area (Å²) in [6, 6.07) is 7.61. The largest absolute Gasteiger partial charge is 0.487 e. The van der Waals surface area contributed by atoms with E-state index in [4.69, 9.17) is 28.4 Å². The molecule has 2 atom stereocenters. The first-order valence-electron chi connectivity index (χ1n) is 9.43. The maximum atomic E-state index is 5.94. The first-order valence-corrected chi connectivity index (χ1v) is 9.43. The number of benzene rings is 1. The van der Waals surface area contributed by atoms with E-state index in [0.29, 0.717) is 64.4 Å². The number of allylic oxidation sites excluding steroid dienone is 2. The molecule has 1 aliphatic heterocycles. The third-order valence-electron chi connectivity index (χ3n) is 4.20. The van der Waals surface area contributed by atoms with Gasteiger partial charge in [-0.3, -0.25) is 0 Å². The maximum absolute atomic E-state index is 5.94. The zero-order valence-corrected chi connectivity index (χ0v) is 15.8. The fourth-order valence-corrected chi connectivity index (χ4v) is 2.86. The van der Waals surface area contributed by atoms with Gasteiger partial charge in [-0.15, -0.1) is 0 Å². The summed E-state index contributed by atoms with van der Waals surface area (Å²) in [6.07, 6.45) is 5.95. The van der Waals surface area contributed by atoms with E-state index in [1.807, 2.05) is 30.3 Å². The number of fused-ring (bicyclic) bond motifs is 2. The van der Waals surface area contributed by atoms with Crippen LogP contribution in [0.25, 0.3) is 0 Å². The van der Waals surface area contributed by atoms with E-state index in [1.54, 1.807) is 0 Å². The molecular weight excluding hydrogens is 348 g/mol. The first kappa shape index (κ1) is 19.9. The zero-order valence-electron chi connectivity index (χ0n) is 15.8. The van der Waals surface area contributed by atoms with Crippen LogP contribution in [0.5, 0.6) is 11.5 Å². The van der Waals surface area contributed by atoms with Gasteiger partial charge in [-0.25, -0.2) is 0 Å². The van der Waals surface area contributed by atoms with Crippen LogP contribution in [-0.4, -0.2) is 65.1 Å². The van der Waals surface area contributed by atoms with Gasteiger partial charge in [-0.05, 0) is 19.1 Å². The zero-order chi connectivity index (χ0) is 18.7. The maximum Gasteiger partial charge on any atom is 0.161 e. The van der Waals surface area contributed by atoms with Gasteiger partial charge in [0.05, 0.1) is 39.6 Å². The number of hydrogen-bond acceptors (Lipinski definition) is 6. The van der Waals surface area contributed by atoms with E-state index in [0.717, 1.165) is 0 Å². The summed E-state index contributed by atoms with van der Waals surface area (Å²) in [5.74, 6) is 1.42. The molecule has 6 heteroatoms. The summed E-state index contributed by atoms with van der Waals surface area (Å²) in [5.41, 5.74) is 1.17. The second kappa shape index (κ2) is 11.1. The van der Waals surface area contributed by atoms with Crippen LogP contribution in [-0.2, 0) is 18.9 Å². The Hall–Kier alpha value is -1.86. The van der Waals surface area contributed by atoms with Crippen molar-refractivity contribution in [1.82, 2.24) is 0 Å². The van der Waals surface area contributed by atoms with Crippen molar-refractivity contribution in [3.8, 4) is 11.5 Å². The molecule has 0 aromatic heterocycles. The Morgan fingerprint density at radius 2 is 1.26 bits per heavy atom. The normalized spacial score (nSPS) is 25.6. The second-order valence-corrected chi connectivity index (χ2v) is 6.31. The molecule has 0 spiro atoms. The quantitative estimate of drug-likeness (QED) is 0.694. The van der Waals surface area contributed by atoms with E-state index >= 15 is 0 Å². The topological polar surface area (TPSA) is 55.4 Å². The summed E-state index contributed by atoms with van der Waals surface area (Å²) in [6.45, 7) is 5.93. The lowest BCUT2D eigenvalue weighted by molar-refractivity contribution is -0.0610. The molecule has 0 N–H and O–H groups in total. The predicted octanol–water partition coefficient (Wildman–Crippen LogP) is 2.78. The fourth-order valence-electron chi connectivity index (χ4n) is 2.86. The number of para-hydroxylation sites is 2. The molecule has 2 aliphatic rings. The average Bonchev–Trinajstić information content (AvgIpc) is 2.68. The van der Waals surface area contributed by atoms with Crippen LogP contribution in [0.2, 0.25) is 0 Å². The van der Waals surface area contributed by atoms with Crippen molar-refractivity contribution in [3.63, 3.8) is 0 Å². The summed E-state index contributed by atoms with van der Waals surface area (Å²) in [5, 5.41) is 0. The van der Waals surface area contributed by atoms with E-state index in [2.05, 4.69) is 19.1 Å². The highest BCUT2D eigenvalue weighted by molar-refractivity contribution is 5.39. The van der Waals surface area contributed by atoms with Crippen LogP contribution < -0.4 is 9.47 Å². The highest BCUT2D eigenvalue weighted by Crippen LogP contribution is 2.26.